The van der Waals surface area contributed by atoms with Crippen molar-refractivity contribution in [3.8, 4) is 11.5 Å². The first-order valence-corrected chi connectivity index (χ1v) is 11.4. The number of anilines is 1. The van der Waals surface area contributed by atoms with Gasteiger partial charge in [0.05, 0.1) is 16.0 Å². The molecule has 1 amide bonds. The lowest BCUT2D eigenvalue weighted by Gasteiger charge is -2.21. The standard InChI is InChI=1S/C21H20N2O3S2/c24-19(12-27-13-20-23-15-5-1-2-6-18(15)28-20)22-14-7-8-16-17(11-14)26-21(25-16)9-3-4-10-21/h1-2,5-8,11H,3-4,9-10,12-13H2,(H,22,24). The van der Waals surface area contributed by atoms with Gasteiger partial charge in [-0.25, -0.2) is 4.98 Å². The van der Waals surface area contributed by atoms with Crippen LogP contribution in [0.1, 0.15) is 30.7 Å². The normalized spacial score (nSPS) is 16.7. The molecule has 1 fully saturated rings. The average Bonchev–Trinajstić information content (AvgIpc) is 3.39. The largest absolute Gasteiger partial charge is 0.448 e. The van der Waals surface area contributed by atoms with Crippen molar-refractivity contribution < 1.29 is 14.3 Å². The smallest absolute Gasteiger partial charge is 0.251 e. The van der Waals surface area contributed by atoms with Crippen molar-refractivity contribution in [3.63, 3.8) is 0 Å². The third-order valence-corrected chi connectivity index (χ3v) is 7.14. The molecular formula is C21H20N2O3S2. The summed E-state index contributed by atoms with van der Waals surface area (Å²) in [6, 6.07) is 13.7. The Morgan fingerprint density at radius 3 is 2.82 bits per heavy atom. The lowest BCUT2D eigenvalue weighted by molar-refractivity contribution is -0.113. The van der Waals surface area contributed by atoms with E-state index in [1.807, 2.05) is 36.4 Å². The molecule has 0 bridgehead atoms. The molecule has 7 heteroatoms. The molecule has 0 saturated heterocycles. The molecule has 2 aliphatic rings. The first-order chi connectivity index (χ1) is 13.7. The molecule has 5 nitrogen and oxygen atoms in total. The minimum Gasteiger partial charge on any atom is -0.448 e. The molecule has 3 aromatic rings. The number of ether oxygens (including phenoxy) is 2. The Bertz CT molecular complexity index is 994. The van der Waals surface area contributed by atoms with Crippen LogP contribution in [0.3, 0.4) is 0 Å². The molecule has 2 heterocycles. The highest BCUT2D eigenvalue weighted by molar-refractivity contribution is 7.99. The lowest BCUT2D eigenvalue weighted by Crippen LogP contribution is -2.34. The molecule has 0 radical (unpaired) electrons. The van der Waals surface area contributed by atoms with E-state index in [2.05, 4.69) is 16.4 Å². The highest BCUT2D eigenvalue weighted by Gasteiger charge is 2.44. The zero-order chi connectivity index (χ0) is 19.0. The second-order valence-electron chi connectivity index (χ2n) is 7.10. The fourth-order valence-electron chi connectivity index (χ4n) is 3.70. The Kier molecular flexibility index (Phi) is 4.64. The zero-order valence-corrected chi connectivity index (χ0v) is 16.9. The second-order valence-corrected chi connectivity index (χ2v) is 9.20. The molecule has 2 aromatic carbocycles. The third-order valence-electron chi connectivity index (χ3n) is 4.98. The van der Waals surface area contributed by atoms with E-state index < -0.39 is 5.79 Å². The Hall–Kier alpha value is -2.25. The number of para-hydroxylation sites is 1. The molecule has 1 saturated carbocycles. The van der Waals surface area contributed by atoms with E-state index in [4.69, 9.17) is 9.47 Å². The van der Waals surface area contributed by atoms with Crippen LogP contribution in [0, 0.1) is 0 Å². The van der Waals surface area contributed by atoms with Crippen LogP contribution in [0.25, 0.3) is 10.2 Å². The van der Waals surface area contributed by atoms with Gasteiger partial charge in [0.1, 0.15) is 5.01 Å². The van der Waals surface area contributed by atoms with Crippen LogP contribution in [0.4, 0.5) is 5.69 Å². The number of carbonyl (C=O) groups excluding carboxylic acids is 1. The molecule has 144 valence electrons. The molecule has 0 atom stereocenters. The Labute approximate surface area is 171 Å². The first-order valence-electron chi connectivity index (χ1n) is 9.43. The van der Waals surface area contributed by atoms with Crippen molar-refractivity contribution in [1.82, 2.24) is 4.98 Å². The number of fused-ring (bicyclic) bond motifs is 2. The van der Waals surface area contributed by atoms with Crippen molar-refractivity contribution >= 4 is 44.9 Å². The van der Waals surface area contributed by atoms with Gasteiger partial charge in [0, 0.05) is 30.3 Å². The molecule has 28 heavy (non-hydrogen) atoms. The van der Waals surface area contributed by atoms with Crippen molar-refractivity contribution in [2.24, 2.45) is 0 Å². The molecule has 1 aliphatic carbocycles. The number of amides is 1. The van der Waals surface area contributed by atoms with Gasteiger partial charge in [-0.3, -0.25) is 4.79 Å². The number of hydrogen-bond donors (Lipinski definition) is 1. The summed E-state index contributed by atoms with van der Waals surface area (Å²) >= 11 is 3.25. The predicted octanol–water partition coefficient (Wildman–Crippen LogP) is 5.21. The van der Waals surface area contributed by atoms with Gasteiger partial charge in [0.25, 0.3) is 5.79 Å². The molecule has 1 aromatic heterocycles. The van der Waals surface area contributed by atoms with E-state index in [0.717, 1.165) is 59.1 Å². The molecular weight excluding hydrogens is 392 g/mol. The third kappa shape index (κ3) is 3.56. The van der Waals surface area contributed by atoms with Crippen molar-refractivity contribution in [3.05, 3.63) is 47.5 Å². The van der Waals surface area contributed by atoms with Crippen LogP contribution in [0.5, 0.6) is 11.5 Å². The van der Waals surface area contributed by atoms with E-state index in [9.17, 15) is 4.79 Å². The Morgan fingerprint density at radius 1 is 1.14 bits per heavy atom. The summed E-state index contributed by atoms with van der Waals surface area (Å²) in [6.07, 6.45) is 4.10. The number of aromatic nitrogens is 1. The summed E-state index contributed by atoms with van der Waals surface area (Å²) in [6.45, 7) is 0. The van der Waals surface area contributed by atoms with Gasteiger partial charge in [-0.2, -0.15) is 0 Å². The van der Waals surface area contributed by atoms with Gasteiger partial charge >= 0.3 is 0 Å². The summed E-state index contributed by atoms with van der Waals surface area (Å²) in [5, 5.41) is 4.00. The van der Waals surface area contributed by atoms with E-state index in [1.54, 1.807) is 23.1 Å². The number of hydrogen-bond acceptors (Lipinski definition) is 6. The summed E-state index contributed by atoms with van der Waals surface area (Å²) in [7, 11) is 0. The van der Waals surface area contributed by atoms with E-state index in [0.29, 0.717) is 5.75 Å². The van der Waals surface area contributed by atoms with Crippen molar-refractivity contribution in [2.45, 2.75) is 37.2 Å². The maximum atomic E-state index is 12.3. The summed E-state index contributed by atoms with van der Waals surface area (Å²) in [4.78, 5) is 16.9. The summed E-state index contributed by atoms with van der Waals surface area (Å²) in [5.74, 6) is 2.11. The number of carbonyl (C=O) groups is 1. The van der Waals surface area contributed by atoms with E-state index >= 15 is 0 Å². The van der Waals surface area contributed by atoms with Crippen LogP contribution < -0.4 is 14.8 Å². The van der Waals surface area contributed by atoms with Crippen LogP contribution >= 0.6 is 23.1 Å². The molecule has 0 unspecified atom stereocenters. The highest BCUT2D eigenvalue weighted by Crippen LogP contribution is 2.47. The van der Waals surface area contributed by atoms with Gasteiger partial charge in [-0.1, -0.05) is 12.1 Å². The Balaban J connectivity index is 1.15. The second kappa shape index (κ2) is 7.29. The van der Waals surface area contributed by atoms with Crippen LogP contribution in [-0.4, -0.2) is 22.4 Å². The first kappa shape index (κ1) is 17.8. The fourth-order valence-corrected chi connectivity index (χ4v) is 5.55. The minimum atomic E-state index is -0.474. The molecule has 1 N–H and O–H groups in total. The predicted molar refractivity (Wildman–Crippen MR) is 113 cm³/mol. The lowest BCUT2D eigenvalue weighted by atomic mass is 10.2. The summed E-state index contributed by atoms with van der Waals surface area (Å²) < 4.78 is 13.3. The maximum absolute atomic E-state index is 12.3. The van der Waals surface area contributed by atoms with Gasteiger partial charge in [0.2, 0.25) is 5.91 Å². The van der Waals surface area contributed by atoms with Crippen LogP contribution in [-0.2, 0) is 10.5 Å². The molecule has 5 rings (SSSR count). The summed E-state index contributed by atoms with van der Waals surface area (Å²) in [5.41, 5.74) is 1.76. The average molecular weight is 413 g/mol. The number of thiazole rings is 1. The van der Waals surface area contributed by atoms with Gasteiger partial charge in [-0.05, 0) is 37.1 Å². The minimum absolute atomic E-state index is 0.0273. The van der Waals surface area contributed by atoms with E-state index in [-0.39, 0.29) is 5.91 Å². The molecule has 1 aliphatic heterocycles. The number of thioether (sulfide) groups is 1. The zero-order valence-electron chi connectivity index (χ0n) is 15.3. The highest BCUT2D eigenvalue weighted by atomic mass is 32.2. The van der Waals surface area contributed by atoms with Crippen molar-refractivity contribution in [1.29, 1.82) is 0 Å². The quantitative estimate of drug-likeness (QED) is 0.623. The fraction of sp³-hybridized carbons (Fsp3) is 0.333. The SMILES string of the molecule is O=C(CSCc1nc2ccccc2s1)Nc1ccc2c(c1)OC1(CCCC1)O2. The van der Waals surface area contributed by atoms with Gasteiger partial charge in [-0.15, -0.1) is 23.1 Å². The van der Waals surface area contributed by atoms with Crippen LogP contribution in [0.15, 0.2) is 42.5 Å². The maximum Gasteiger partial charge on any atom is 0.251 e. The van der Waals surface area contributed by atoms with E-state index in [1.165, 1.54) is 4.70 Å². The number of benzene rings is 2. The van der Waals surface area contributed by atoms with Crippen molar-refractivity contribution in [2.75, 3.05) is 11.1 Å². The number of nitrogens with zero attached hydrogens (tertiary/aromatic N) is 1. The number of rotatable bonds is 5. The monoisotopic (exact) mass is 412 g/mol. The Morgan fingerprint density at radius 2 is 1.96 bits per heavy atom. The van der Waals surface area contributed by atoms with Crippen LogP contribution in [0.2, 0.25) is 0 Å². The topological polar surface area (TPSA) is 60.5 Å². The number of nitrogens with one attached hydrogen (secondary N) is 1. The van der Waals surface area contributed by atoms with Gasteiger partial charge in [0.15, 0.2) is 11.5 Å². The molecule has 1 spiro atoms. The van der Waals surface area contributed by atoms with Gasteiger partial charge < -0.3 is 14.8 Å².